The first kappa shape index (κ1) is 22.2. The number of aliphatic hydroxyl groups is 1. The molecule has 2 aromatic heterocycles. The van der Waals surface area contributed by atoms with Crippen LogP contribution in [0.2, 0.25) is 5.02 Å². The number of amides is 1. The van der Waals surface area contributed by atoms with Gasteiger partial charge in [-0.25, -0.2) is 15.0 Å². The fourth-order valence-electron chi connectivity index (χ4n) is 4.56. The molecule has 9 nitrogen and oxygen atoms in total. The average molecular weight is 472 g/mol. The summed E-state index contributed by atoms with van der Waals surface area (Å²) in [6.07, 6.45) is 6.49. The third-order valence-electron chi connectivity index (χ3n) is 6.44. The summed E-state index contributed by atoms with van der Waals surface area (Å²) in [5.41, 5.74) is 1.93. The number of ether oxygens (including phenoxy) is 1. The molecule has 5 rings (SSSR count). The molecule has 2 aliphatic rings. The van der Waals surface area contributed by atoms with Gasteiger partial charge in [-0.1, -0.05) is 11.6 Å². The molecule has 4 atom stereocenters. The van der Waals surface area contributed by atoms with Crippen LogP contribution in [0.15, 0.2) is 35.0 Å². The number of carbonyl (C=O) groups is 1. The fourth-order valence-corrected chi connectivity index (χ4v) is 4.73. The quantitative estimate of drug-likeness (QED) is 0.527. The summed E-state index contributed by atoms with van der Waals surface area (Å²) in [6, 6.07) is 5.41. The van der Waals surface area contributed by atoms with E-state index in [9.17, 15) is 9.90 Å². The van der Waals surface area contributed by atoms with E-state index < -0.39 is 6.23 Å². The third-order valence-corrected chi connectivity index (χ3v) is 6.67. The highest BCUT2D eigenvalue weighted by molar-refractivity contribution is 6.31. The third kappa shape index (κ3) is 4.72. The largest absolute Gasteiger partial charge is 0.435 e. The topological polar surface area (TPSA) is 114 Å². The van der Waals surface area contributed by atoms with Crippen molar-refractivity contribution in [1.82, 2.24) is 25.2 Å². The highest BCUT2D eigenvalue weighted by Crippen LogP contribution is 2.27. The molecule has 0 radical (unpaired) electrons. The Labute approximate surface area is 196 Å². The van der Waals surface area contributed by atoms with Crippen molar-refractivity contribution in [3.05, 3.63) is 41.3 Å². The molecular formula is C23H26ClN5O4. The molecule has 1 saturated heterocycles. The van der Waals surface area contributed by atoms with Crippen molar-refractivity contribution < 1.29 is 19.1 Å². The molecule has 1 aliphatic carbocycles. The average Bonchev–Trinajstić information content (AvgIpc) is 3.58. The minimum atomic E-state index is -0.668. The molecule has 1 amide bonds. The van der Waals surface area contributed by atoms with Gasteiger partial charge in [0.1, 0.15) is 23.1 Å². The van der Waals surface area contributed by atoms with E-state index in [1.807, 2.05) is 0 Å². The van der Waals surface area contributed by atoms with E-state index in [2.05, 4.69) is 20.3 Å². The molecule has 174 valence electrons. The number of aliphatic hydroxyl groups excluding tert-OH is 1. The molecule has 1 aromatic carbocycles. The van der Waals surface area contributed by atoms with Gasteiger partial charge >= 0.3 is 0 Å². The van der Waals surface area contributed by atoms with Crippen LogP contribution >= 0.6 is 11.6 Å². The lowest BCUT2D eigenvalue weighted by Crippen LogP contribution is -2.45. The number of carbonyl (C=O) groups excluding carboxylic acids is 1. The number of aromatic nitrogens is 3. The summed E-state index contributed by atoms with van der Waals surface area (Å²) in [5.74, 6) is 0.130. The molecule has 2 N–H and O–H groups in total. The predicted octanol–water partition coefficient (Wildman–Crippen LogP) is 3.02. The Morgan fingerprint density at radius 2 is 2.15 bits per heavy atom. The SMILES string of the molecule is CN(C(=O)c1cnc(-c2nc3ccc(Cl)cc3o2)cn1)C1CCC(NC(O)C2CCCO2)C1. The van der Waals surface area contributed by atoms with E-state index in [1.165, 1.54) is 12.4 Å². The maximum Gasteiger partial charge on any atom is 0.274 e. The molecule has 4 unspecified atom stereocenters. The van der Waals surface area contributed by atoms with Crippen LogP contribution in [-0.2, 0) is 4.74 Å². The summed E-state index contributed by atoms with van der Waals surface area (Å²) >= 11 is 6.00. The number of nitrogens with zero attached hydrogens (tertiary/aromatic N) is 4. The normalized spacial score (nSPS) is 23.8. The lowest BCUT2D eigenvalue weighted by molar-refractivity contribution is -0.0248. The summed E-state index contributed by atoms with van der Waals surface area (Å²) < 4.78 is 11.3. The molecule has 33 heavy (non-hydrogen) atoms. The summed E-state index contributed by atoms with van der Waals surface area (Å²) in [5, 5.41) is 14.2. The van der Waals surface area contributed by atoms with E-state index in [4.69, 9.17) is 20.8 Å². The van der Waals surface area contributed by atoms with Crippen LogP contribution in [0.5, 0.6) is 0 Å². The fraction of sp³-hybridized carbons (Fsp3) is 0.478. The van der Waals surface area contributed by atoms with Crippen molar-refractivity contribution in [3.8, 4) is 11.6 Å². The number of hydrogen-bond donors (Lipinski definition) is 2. The Kier molecular flexibility index (Phi) is 6.29. The summed E-state index contributed by atoms with van der Waals surface area (Å²) in [7, 11) is 1.78. The van der Waals surface area contributed by atoms with E-state index in [0.717, 1.165) is 32.1 Å². The number of hydrogen-bond acceptors (Lipinski definition) is 8. The minimum Gasteiger partial charge on any atom is -0.435 e. The van der Waals surface area contributed by atoms with E-state index in [-0.39, 0.29) is 29.8 Å². The van der Waals surface area contributed by atoms with Crippen molar-refractivity contribution >= 4 is 28.6 Å². The lowest BCUT2D eigenvalue weighted by atomic mass is 10.1. The minimum absolute atomic E-state index is 0.0648. The number of halogens is 1. The molecule has 3 heterocycles. The number of fused-ring (bicyclic) bond motifs is 1. The zero-order valence-electron chi connectivity index (χ0n) is 18.3. The van der Waals surface area contributed by atoms with Gasteiger partial charge in [-0.15, -0.1) is 0 Å². The molecule has 10 heteroatoms. The molecule has 0 bridgehead atoms. The second-order valence-corrected chi connectivity index (χ2v) is 9.10. The second kappa shape index (κ2) is 9.34. The van der Waals surface area contributed by atoms with Crippen LogP contribution in [-0.4, -0.2) is 68.9 Å². The molecule has 1 saturated carbocycles. The highest BCUT2D eigenvalue weighted by atomic mass is 35.5. The van der Waals surface area contributed by atoms with Gasteiger partial charge in [0.05, 0.1) is 18.5 Å². The maximum atomic E-state index is 13.0. The van der Waals surface area contributed by atoms with Gasteiger partial charge in [0.25, 0.3) is 5.91 Å². The Morgan fingerprint density at radius 1 is 1.27 bits per heavy atom. The molecule has 2 fully saturated rings. The van der Waals surface area contributed by atoms with Crippen LogP contribution in [0.25, 0.3) is 22.7 Å². The maximum absolute atomic E-state index is 13.0. The van der Waals surface area contributed by atoms with E-state index in [1.54, 1.807) is 30.1 Å². The van der Waals surface area contributed by atoms with E-state index >= 15 is 0 Å². The Balaban J connectivity index is 1.21. The highest BCUT2D eigenvalue weighted by Gasteiger charge is 2.33. The molecule has 1 aliphatic heterocycles. The van der Waals surface area contributed by atoms with Gasteiger partial charge in [0, 0.05) is 36.8 Å². The van der Waals surface area contributed by atoms with Gasteiger partial charge in [0.2, 0.25) is 5.89 Å². The molecular weight excluding hydrogens is 446 g/mol. The lowest BCUT2D eigenvalue weighted by Gasteiger charge is -2.26. The zero-order valence-corrected chi connectivity index (χ0v) is 19.0. The predicted molar refractivity (Wildman–Crippen MR) is 122 cm³/mol. The zero-order chi connectivity index (χ0) is 22.9. The first-order valence-electron chi connectivity index (χ1n) is 11.2. The monoisotopic (exact) mass is 471 g/mol. The van der Waals surface area contributed by atoms with Crippen molar-refractivity contribution in [2.75, 3.05) is 13.7 Å². The van der Waals surface area contributed by atoms with Gasteiger partial charge < -0.3 is 19.2 Å². The Morgan fingerprint density at radius 3 is 2.91 bits per heavy atom. The van der Waals surface area contributed by atoms with Gasteiger partial charge in [-0.2, -0.15) is 0 Å². The number of benzene rings is 1. The van der Waals surface area contributed by atoms with Gasteiger partial charge in [0.15, 0.2) is 5.58 Å². The first-order valence-corrected chi connectivity index (χ1v) is 11.6. The van der Waals surface area contributed by atoms with Crippen molar-refractivity contribution in [1.29, 1.82) is 0 Å². The summed E-state index contributed by atoms with van der Waals surface area (Å²) in [6.45, 7) is 0.703. The summed E-state index contributed by atoms with van der Waals surface area (Å²) in [4.78, 5) is 27.7. The van der Waals surface area contributed by atoms with Crippen molar-refractivity contribution in [2.45, 2.75) is 56.5 Å². The van der Waals surface area contributed by atoms with Crippen LogP contribution in [0.1, 0.15) is 42.6 Å². The molecule has 0 spiro atoms. The second-order valence-electron chi connectivity index (χ2n) is 8.66. The van der Waals surface area contributed by atoms with Gasteiger partial charge in [-0.3, -0.25) is 10.1 Å². The number of rotatable bonds is 6. The number of nitrogens with one attached hydrogen (secondary N) is 1. The Hall–Kier alpha value is -2.59. The number of oxazole rings is 1. The van der Waals surface area contributed by atoms with E-state index in [0.29, 0.717) is 34.3 Å². The molecule has 3 aromatic rings. The van der Waals surface area contributed by atoms with Crippen molar-refractivity contribution in [2.24, 2.45) is 0 Å². The van der Waals surface area contributed by atoms with Crippen LogP contribution in [0.4, 0.5) is 0 Å². The Bertz CT molecular complexity index is 1130. The van der Waals surface area contributed by atoms with Crippen LogP contribution < -0.4 is 5.32 Å². The van der Waals surface area contributed by atoms with Crippen LogP contribution in [0, 0.1) is 0 Å². The van der Waals surface area contributed by atoms with Crippen molar-refractivity contribution in [3.63, 3.8) is 0 Å². The smallest absolute Gasteiger partial charge is 0.274 e. The first-order chi connectivity index (χ1) is 16.0. The van der Waals surface area contributed by atoms with Crippen LogP contribution in [0.3, 0.4) is 0 Å². The van der Waals surface area contributed by atoms with Gasteiger partial charge in [-0.05, 0) is 44.2 Å². The standard InChI is InChI=1S/C23H26ClN5O4/c1-29(15-6-5-14(10-15)27-21(30)19-3-2-8-32-19)23(31)18-12-25-17(11-26-18)22-28-16-7-4-13(24)9-20(16)33-22/h4,7,9,11-12,14-15,19,21,27,30H,2-3,5-6,8,10H2,1H3.